The fourth-order valence-corrected chi connectivity index (χ4v) is 9.15. The van der Waals surface area contributed by atoms with E-state index in [4.69, 9.17) is 9.47 Å². The lowest BCUT2D eigenvalue weighted by Crippen LogP contribution is -2.59. The van der Waals surface area contributed by atoms with Gasteiger partial charge in [-0.2, -0.15) is 0 Å². The lowest BCUT2D eigenvalue weighted by Gasteiger charge is -2.59. The number of Topliss-reactive ketones (excluding diaryl/α,β-unsaturated/α-hetero) is 1. The van der Waals surface area contributed by atoms with Gasteiger partial charge >= 0.3 is 5.97 Å². The molecule has 1 saturated heterocycles. The molecule has 4 heteroatoms. The van der Waals surface area contributed by atoms with E-state index < -0.39 is 0 Å². The summed E-state index contributed by atoms with van der Waals surface area (Å²) in [7, 11) is 0. The summed E-state index contributed by atoms with van der Waals surface area (Å²) in [5.41, 5.74) is 0.293. The summed E-state index contributed by atoms with van der Waals surface area (Å²) in [6, 6.07) is 0. The van der Waals surface area contributed by atoms with Gasteiger partial charge in [0.15, 0.2) is 0 Å². The number of ether oxygens (including phenoxy) is 2. The van der Waals surface area contributed by atoms with E-state index in [1.807, 2.05) is 6.92 Å². The largest absolute Gasteiger partial charge is 0.462 e. The number of carbonyl (C=O) groups is 2. The summed E-state index contributed by atoms with van der Waals surface area (Å²) in [4.78, 5) is 23.9. The van der Waals surface area contributed by atoms with Crippen molar-refractivity contribution in [3.8, 4) is 0 Å². The maximum Gasteiger partial charge on any atom is 0.302 e. The average Bonchev–Trinajstić information content (AvgIpc) is 3.21. The second-order valence-corrected chi connectivity index (χ2v) is 11.3. The minimum Gasteiger partial charge on any atom is -0.462 e. The van der Waals surface area contributed by atoms with Crippen molar-refractivity contribution in [2.45, 2.75) is 97.4 Å². The second-order valence-electron chi connectivity index (χ2n) is 11.3. The lowest BCUT2D eigenvalue weighted by atomic mass is 9.44. The first-order valence-corrected chi connectivity index (χ1v) is 11.5. The summed E-state index contributed by atoms with van der Waals surface area (Å²) in [6.45, 7) is 10.6. The maximum absolute atomic E-state index is 12.4. The number of carbonyl (C=O) groups excluding carboxylic acids is 2. The summed E-state index contributed by atoms with van der Waals surface area (Å²) < 4.78 is 12.1. The van der Waals surface area contributed by atoms with Gasteiger partial charge in [0.2, 0.25) is 0 Å². The molecule has 0 bridgehead atoms. The van der Waals surface area contributed by atoms with E-state index in [1.54, 1.807) is 0 Å². The van der Waals surface area contributed by atoms with E-state index in [1.165, 1.54) is 19.8 Å². The Morgan fingerprint density at radius 2 is 1.82 bits per heavy atom. The predicted octanol–water partition coefficient (Wildman–Crippen LogP) is 4.54. The van der Waals surface area contributed by atoms with Gasteiger partial charge in [-0.1, -0.05) is 20.8 Å². The second kappa shape index (κ2) is 5.83. The quantitative estimate of drug-likeness (QED) is 0.515. The summed E-state index contributed by atoms with van der Waals surface area (Å²) in [5.74, 6) is 3.09. The van der Waals surface area contributed by atoms with Gasteiger partial charge in [-0.3, -0.25) is 9.59 Å². The highest BCUT2D eigenvalue weighted by Crippen LogP contribution is 2.74. The number of hydrogen-bond acceptors (Lipinski definition) is 4. The lowest BCUT2D eigenvalue weighted by molar-refractivity contribution is -0.159. The topological polar surface area (TPSA) is 55.9 Å². The number of hydrogen-bond donors (Lipinski definition) is 0. The van der Waals surface area contributed by atoms with Gasteiger partial charge in [0.1, 0.15) is 17.5 Å². The van der Waals surface area contributed by atoms with E-state index in [0.29, 0.717) is 35.6 Å². The third kappa shape index (κ3) is 2.27. The Bertz CT molecular complexity index is 717. The molecule has 5 aliphatic rings. The Morgan fingerprint density at radius 3 is 2.50 bits per heavy atom. The Morgan fingerprint density at radius 1 is 1.07 bits per heavy atom. The van der Waals surface area contributed by atoms with Crippen LogP contribution in [0.5, 0.6) is 0 Å². The molecule has 10 atom stereocenters. The van der Waals surface area contributed by atoms with E-state index >= 15 is 0 Å². The van der Waals surface area contributed by atoms with E-state index in [2.05, 4.69) is 20.8 Å². The predicted molar refractivity (Wildman–Crippen MR) is 105 cm³/mol. The normalized spacial score (nSPS) is 56.7. The summed E-state index contributed by atoms with van der Waals surface area (Å²) in [5, 5.41) is 0. The molecule has 0 aromatic heterocycles. The first-order valence-electron chi connectivity index (χ1n) is 11.5. The first-order chi connectivity index (χ1) is 13.1. The van der Waals surface area contributed by atoms with Crippen molar-refractivity contribution in [1.29, 1.82) is 0 Å². The van der Waals surface area contributed by atoms with Crippen molar-refractivity contribution in [3.05, 3.63) is 0 Å². The van der Waals surface area contributed by atoms with Crippen LogP contribution in [0.3, 0.4) is 0 Å². The van der Waals surface area contributed by atoms with Crippen molar-refractivity contribution in [2.24, 2.45) is 40.4 Å². The number of ketones is 1. The van der Waals surface area contributed by atoms with Crippen LogP contribution in [0.1, 0.15) is 79.6 Å². The molecule has 4 saturated carbocycles. The molecule has 1 heterocycles. The van der Waals surface area contributed by atoms with Gasteiger partial charge in [0.25, 0.3) is 0 Å². The highest BCUT2D eigenvalue weighted by Gasteiger charge is 2.76. The summed E-state index contributed by atoms with van der Waals surface area (Å²) in [6.07, 6.45) is 7.89. The Labute approximate surface area is 169 Å². The zero-order valence-corrected chi connectivity index (χ0v) is 18.1. The van der Waals surface area contributed by atoms with Gasteiger partial charge in [0, 0.05) is 24.7 Å². The molecule has 1 spiro atoms. The van der Waals surface area contributed by atoms with E-state index in [-0.39, 0.29) is 34.4 Å². The van der Waals surface area contributed by atoms with Crippen LogP contribution in [0.2, 0.25) is 0 Å². The minimum atomic E-state index is -0.167. The molecule has 0 radical (unpaired) electrons. The molecular formula is C24H36O4. The van der Waals surface area contributed by atoms with Gasteiger partial charge in [0.05, 0.1) is 6.10 Å². The number of fused-ring (bicyclic) bond motifs is 4. The Kier molecular flexibility index (Phi) is 3.98. The SMILES string of the molecule is CC(=O)OC1CCC2(C)C3CCC4(C)C(C(C)=O)CC(C)C4C3CC3OC32C1. The maximum atomic E-state index is 12.4. The number of rotatable bonds is 2. The summed E-state index contributed by atoms with van der Waals surface area (Å²) >= 11 is 0. The smallest absolute Gasteiger partial charge is 0.302 e. The third-order valence-corrected chi connectivity index (χ3v) is 10.2. The van der Waals surface area contributed by atoms with Crippen molar-refractivity contribution in [3.63, 3.8) is 0 Å². The van der Waals surface area contributed by atoms with Crippen LogP contribution >= 0.6 is 0 Å². The Balaban J connectivity index is 1.45. The van der Waals surface area contributed by atoms with Crippen LogP contribution in [0.4, 0.5) is 0 Å². The van der Waals surface area contributed by atoms with Crippen LogP contribution in [-0.4, -0.2) is 29.6 Å². The molecule has 1 aliphatic heterocycles. The van der Waals surface area contributed by atoms with E-state index in [0.717, 1.165) is 32.1 Å². The van der Waals surface area contributed by atoms with Gasteiger partial charge < -0.3 is 9.47 Å². The minimum absolute atomic E-state index is 0.0217. The molecule has 0 amide bonds. The van der Waals surface area contributed by atoms with E-state index in [9.17, 15) is 9.59 Å². The molecular weight excluding hydrogens is 352 g/mol. The molecule has 28 heavy (non-hydrogen) atoms. The molecule has 0 aromatic rings. The molecule has 10 unspecified atom stereocenters. The van der Waals surface area contributed by atoms with Gasteiger partial charge in [-0.05, 0) is 74.5 Å². The van der Waals surface area contributed by atoms with Crippen LogP contribution in [0.15, 0.2) is 0 Å². The highest BCUT2D eigenvalue weighted by atomic mass is 16.6. The van der Waals surface area contributed by atoms with Crippen molar-refractivity contribution in [2.75, 3.05) is 0 Å². The third-order valence-electron chi connectivity index (χ3n) is 10.2. The molecule has 0 N–H and O–H groups in total. The average molecular weight is 389 g/mol. The van der Waals surface area contributed by atoms with Gasteiger partial charge in [-0.25, -0.2) is 0 Å². The molecule has 4 aliphatic carbocycles. The fraction of sp³-hybridized carbons (Fsp3) is 0.917. The van der Waals surface area contributed by atoms with Crippen LogP contribution in [0.25, 0.3) is 0 Å². The molecule has 5 rings (SSSR count). The van der Waals surface area contributed by atoms with Crippen LogP contribution in [-0.2, 0) is 19.1 Å². The number of esters is 1. The van der Waals surface area contributed by atoms with Crippen molar-refractivity contribution in [1.82, 2.24) is 0 Å². The van der Waals surface area contributed by atoms with Crippen molar-refractivity contribution >= 4 is 11.8 Å². The van der Waals surface area contributed by atoms with Crippen LogP contribution < -0.4 is 0 Å². The zero-order valence-electron chi connectivity index (χ0n) is 18.1. The van der Waals surface area contributed by atoms with Crippen molar-refractivity contribution < 1.29 is 19.1 Å². The fourth-order valence-electron chi connectivity index (χ4n) is 9.15. The Hall–Kier alpha value is -0.900. The standard InChI is InChI=1S/C24H36O4/c1-13-10-19(14(2)25)22(4)8-7-18-17(21(13)22)11-20-24(28-20)12-16(27-15(3)26)6-9-23(18,24)5/h13,16-21H,6-12H2,1-5H3. The van der Waals surface area contributed by atoms with Gasteiger partial charge in [-0.15, -0.1) is 0 Å². The molecule has 0 aromatic carbocycles. The molecule has 4 nitrogen and oxygen atoms in total. The number of epoxide rings is 1. The zero-order chi connectivity index (χ0) is 20.1. The van der Waals surface area contributed by atoms with Crippen LogP contribution in [0, 0.1) is 40.4 Å². The molecule has 156 valence electrons. The molecule has 5 fully saturated rings. The highest BCUT2D eigenvalue weighted by molar-refractivity contribution is 5.79. The monoisotopic (exact) mass is 388 g/mol. The first kappa shape index (κ1) is 19.1.